The molecule has 0 fully saturated rings. The minimum atomic E-state index is 0.557. The molecule has 2 nitrogen and oxygen atoms in total. The van der Waals surface area contributed by atoms with Crippen LogP contribution in [0.2, 0.25) is 0 Å². The largest absolute Gasteiger partial charge is 0.270 e. The van der Waals surface area contributed by atoms with E-state index in [9.17, 15) is 0 Å². The summed E-state index contributed by atoms with van der Waals surface area (Å²) in [6, 6.07) is 16.9. The minimum absolute atomic E-state index is 0.557. The Bertz CT molecular complexity index is 914. The Balaban J connectivity index is 1.67. The molecule has 0 radical (unpaired) electrons. The molecule has 0 N–H and O–H groups in total. The van der Waals surface area contributed by atoms with E-state index in [4.69, 9.17) is 4.99 Å². The molecule has 2 aliphatic rings. The van der Waals surface area contributed by atoms with Gasteiger partial charge in [-0.25, -0.2) is 4.99 Å². The molecule has 2 heteroatoms. The van der Waals surface area contributed by atoms with Crippen molar-refractivity contribution in [2.45, 2.75) is 25.7 Å². The SMILES string of the molecule is CN=C(N=C(C)c1ccc2c(c1)C1CC=CC=C1C2)c1ccccc1. The molecular formula is C23H22N2. The Kier molecular flexibility index (Phi) is 4.19. The maximum atomic E-state index is 4.80. The van der Waals surface area contributed by atoms with Crippen molar-refractivity contribution in [3.63, 3.8) is 0 Å². The Hall–Kier alpha value is -2.74. The van der Waals surface area contributed by atoms with E-state index in [1.807, 2.05) is 30.3 Å². The van der Waals surface area contributed by atoms with E-state index in [2.05, 4.69) is 48.3 Å². The number of amidine groups is 1. The topological polar surface area (TPSA) is 24.7 Å². The first kappa shape index (κ1) is 15.8. The summed E-state index contributed by atoms with van der Waals surface area (Å²) in [4.78, 5) is 9.18. The summed E-state index contributed by atoms with van der Waals surface area (Å²) in [5, 5.41) is 0. The van der Waals surface area contributed by atoms with Crippen LogP contribution < -0.4 is 0 Å². The lowest BCUT2D eigenvalue weighted by atomic mass is 9.90. The van der Waals surface area contributed by atoms with Gasteiger partial charge in [0.05, 0.1) is 0 Å². The third-order valence-corrected chi connectivity index (χ3v) is 5.12. The first-order chi connectivity index (χ1) is 12.3. The fourth-order valence-corrected chi connectivity index (χ4v) is 3.76. The van der Waals surface area contributed by atoms with E-state index in [0.717, 1.165) is 30.0 Å². The summed E-state index contributed by atoms with van der Waals surface area (Å²) < 4.78 is 0. The zero-order valence-corrected chi connectivity index (χ0v) is 14.7. The molecule has 1 atom stereocenters. The monoisotopic (exact) mass is 326 g/mol. The van der Waals surface area contributed by atoms with Gasteiger partial charge in [0.25, 0.3) is 0 Å². The minimum Gasteiger partial charge on any atom is -0.270 e. The number of fused-ring (bicyclic) bond motifs is 3. The van der Waals surface area contributed by atoms with Gasteiger partial charge in [-0.15, -0.1) is 0 Å². The highest BCUT2D eigenvalue weighted by atomic mass is 14.9. The predicted molar refractivity (Wildman–Crippen MR) is 106 cm³/mol. The van der Waals surface area contributed by atoms with Gasteiger partial charge >= 0.3 is 0 Å². The van der Waals surface area contributed by atoms with Crippen molar-refractivity contribution in [2.24, 2.45) is 9.98 Å². The summed E-state index contributed by atoms with van der Waals surface area (Å²) in [6.45, 7) is 2.07. The Morgan fingerprint density at radius 1 is 1.04 bits per heavy atom. The van der Waals surface area contributed by atoms with Gasteiger partial charge in [-0.3, -0.25) is 4.99 Å². The first-order valence-corrected chi connectivity index (χ1v) is 8.82. The molecule has 2 aliphatic carbocycles. The molecule has 0 aromatic heterocycles. The molecule has 0 amide bonds. The number of allylic oxidation sites excluding steroid dienone is 4. The lowest BCUT2D eigenvalue weighted by Gasteiger charge is -2.15. The average Bonchev–Trinajstić information content (AvgIpc) is 3.04. The van der Waals surface area contributed by atoms with Crippen LogP contribution in [0.5, 0.6) is 0 Å². The Morgan fingerprint density at radius 2 is 1.88 bits per heavy atom. The number of nitrogens with zero attached hydrogens (tertiary/aromatic N) is 2. The van der Waals surface area contributed by atoms with Crippen molar-refractivity contribution in [1.29, 1.82) is 0 Å². The van der Waals surface area contributed by atoms with Gasteiger partial charge in [-0.05, 0) is 42.5 Å². The fourth-order valence-electron chi connectivity index (χ4n) is 3.76. The predicted octanol–water partition coefficient (Wildman–Crippen LogP) is 5.10. The van der Waals surface area contributed by atoms with Crippen LogP contribution >= 0.6 is 0 Å². The van der Waals surface area contributed by atoms with Gasteiger partial charge < -0.3 is 0 Å². The average molecular weight is 326 g/mol. The maximum Gasteiger partial charge on any atom is 0.154 e. The van der Waals surface area contributed by atoms with Crippen LogP contribution in [0, 0.1) is 0 Å². The van der Waals surface area contributed by atoms with E-state index < -0.39 is 0 Å². The highest BCUT2D eigenvalue weighted by Crippen LogP contribution is 2.42. The first-order valence-electron chi connectivity index (χ1n) is 8.82. The van der Waals surface area contributed by atoms with Gasteiger partial charge in [-0.2, -0.15) is 0 Å². The van der Waals surface area contributed by atoms with Gasteiger partial charge in [0.2, 0.25) is 0 Å². The molecule has 2 aromatic rings. The standard InChI is InChI=1S/C23H22N2/c1-16(25-23(24-2)17-8-4-3-5-9-17)18-12-13-20-14-19-10-6-7-11-21(19)22(20)15-18/h3-10,12-13,15,21H,11,14H2,1-2H3. The second-order valence-electron chi connectivity index (χ2n) is 6.66. The van der Waals surface area contributed by atoms with Gasteiger partial charge in [0.1, 0.15) is 0 Å². The van der Waals surface area contributed by atoms with Crippen LogP contribution in [0.15, 0.2) is 82.3 Å². The van der Waals surface area contributed by atoms with Crippen LogP contribution in [-0.4, -0.2) is 18.6 Å². The number of hydrogen-bond acceptors (Lipinski definition) is 1. The van der Waals surface area contributed by atoms with Crippen molar-refractivity contribution in [3.05, 3.63) is 94.6 Å². The summed E-state index contributed by atoms with van der Waals surface area (Å²) in [5.74, 6) is 1.33. The Labute approximate surface area is 149 Å². The molecule has 25 heavy (non-hydrogen) atoms. The smallest absolute Gasteiger partial charge is 0.154 e. The molecule has 0 spiro atoms. The van der Waals surface area contributed by atoms with Crippen molar-refractivity contribution in [1.82, 2.24) is 0 Å². The molecule has 0 aliphatic heterocycles. The van der Waals surface area contributed by atoms with E-state index in [1.54, 1.807) is 12.6 Å². The van der Waals surface area contributed by atoms with E-state index in [1.165, 1.54) is 16.7 Å². The summed E-state index contributed by atoms with van der Waals surface area (Å²) in [6.07, 6.45) is 8.95. The highest BCUT2D eigenvalue weighted by Gasteiger charge is 2.27. The van der Waals surface area contributed by atoms with Crippen LogP contribution in [0.3, 0.4) is 0 Å². The molecule has 1 unspecified atom stereocenters. The van der Waals surface area contributed by atoms with Gasteiger partial charge in [0, 0.05) is 24.2 Å². The fraction of sp³-hybridized carbons (Fsp3) is 0.217. The van der Waals surface area contributed by atoms with Crippen molar-refractivity contribution in [2.75, 3.05) is 7.05 Å². The van der Waals surface area contributed by atoms with Gasteiger partial charge in [0.15, 0.2) is 5.84 Å². The molecular weight excluding hydrogens is 304 g/mol. The van der Waals surface area contributed by atoms with Crippen molar-refractivity contribution < 1.29 is 0 Å². The van der Waals surface area contributed by atoms with E-state index >= 15 is 0 Å². The third-order valence-electron chi connectivity index (χ3n) is 5.12. The zero-order chi connectivity index (χ0) is 17.2. The number of aliphatic imine (C=N–C) groups is 2. The molecule has 0 saturated carbocycles. The van der Waals surface area contributed by atoms with Crippen molar-refractivity contribution >= 4 is 11.5 Å². The van der Waals surface area contributed by atoms with Crippen LogP contribution in [0.25, 0.3) is 0 Å². The summed E-state index contributed by atoms with van der Waals surface area (Å²) in [5.41, 5.74) is 7.72. The highest BCUT2D eigenvalue weighted by molar-refractivity contribution is 6.11. The maximum absolute atomic E-state index is 4.80. The molecule has 0 heterocycles. The molecule has 4 rings (SSSR count). The van der Waals surface area contributed by atoms with Gasteiger partial charge in [-0.1, -0.05) is 66.3 Å². The van der Waals surface area contributed by atoms with Crippen LogP contribution in [0.1, 0.15) is 41.5 Å². The van der Waals surface area contributed by atoms with E-state index in [0.29, 0.717) is 5.92 Å². The normalized spacial score (nSPS) is 19.4. The summed E-state index contributed by atoms with van der Waals surface area (Å²) in [7, 11) is 1.80. The number of benzene rings is 2. The third kappa shape index (κ3) is 3.00. The number of rotatable bonds is 2. The zero-order valence-electron chi connectivity index (χ0n) is 14.7. The number of hydrogen-bond donors (Lipinski definition) is 0. The molecule has 0 bridgehead atoms. The molecule has 124 valence electrons. The molecule has 0 saturated heterocycles. The quantitative estimate of drug-likeness (QED) is 0.542. The lowest BCUT2D eigenvalue weighted by molar-refractivity contribution is 0.821. The van der Waals surface area contributed by atoms with Crippen molar-refractivity contribution in [3.8, 4) is 0 Å². The second-order valence-corrected chi connectivity index (χ2v) is 6.66. The Morgan fingerprint density at radius 3 is 2.68 bits per heavy atom. The van der Waals surface area contributed by atoms with Crippen LogP contribution in [0.4, 0.5) is 0 Å². The summed E-state index contributed by atoms with van der Waals surface area (Å²) >= 11 is 0. The van der Waals surface area contributed by atoms with E-state index in [-0.39, 0.29) is 0 Å². The van der Waals surface area contributed by atoms with Crippen LogP contribution in [-0.2, 0) is 6.42 Å². The molecule has 2 aromatic carbocycles. The second kappa shape index (κ2) is 6.64. The lowest BCUT2D eigenvalue weighted by Crippen LogP contribution is -2.05.